The van der Waals surface area contributed by atoms with E-state index in [-0.39, 0.29) is 35.7 Å². The molecule has 1 aliphatic heterocycles. The summed E-state index contributed by atoms with van der Waals surface area (Å²) in [6.45, 7) is 4.77. The Morgan fingerprint density at radius 2 is 2.05 bits per heavy atom. The van der Waals surface area contributed by atoms with Gasteiger partial charge in [0, 0.05) is 11.3 Å². The second-order valence-electron chi connectivity index (χ2n) is 7.20. The third-order valence-corrected chi connectivity index (χ3v) is 6.46. The van der Waals surface area contributed by atoms with E-state index in [1.54, 1.807) is 0 Å². The highest BCUT2D eigenvalue weighted by molar-refractivity contribution is 5.75. The third kappa shape index (κ3) is 1.62. The van der Waals surface area contributed by atoms with Crippen molar-refractivity contribution in [3.8, 4) is 0 Å². The molecule has 0 aromatic carbocycles. The minimum atomic E-state index is -0.441. The molecule has 6 atom stereocenters. The molecule has 0 bridgehead atoms. The summed E-state index contributed by atoms with van der Waals surface area (Å²) >= 11 is 0. The summed E-state index contributed by atoms with van der Waals surface area (Å²) in [5.74, 6) is 0.530. The minimum Gasteiger partial charge on any atom is -0.465 e. The predicted octanol–water partition coefficient (Wildman–Crippen LogP) is 1.35. The number of aliphatic hydroxyl groups excluding tert-OH is 2. The van der Waals surface area contributed by atoms with Gasteiger partial charge >= 0.3 is 5.97 Å². The fourth-order valence-corrected chi connectivity index (χ4v) is 5.13. The third-order valence-electron chi connectivity index (χ3n) is 6.46. The second-order valence-corrected chi connectivity index (χ2v) is 7.20. The van der Waals surface area contributed by atoms with Gasteiger partial charge in [-0.2, -0.15) is 0 Å². The lowest BCUT2D eigenvalue weighted by molar-refractivity contribution is -0.168. The van der Waals surface area contributed by atoms with Crippen LogP contribution in [0.25, 0.3) is 0 Å². The molecule has 0 aromatic rings. The van der Waals surface area contributed by atoms with E-state index in [0.717, 1.165) is 19.3 Å². The first-order valence-electron chi connectivity index (χ1n) is 7.39. The molecule has 1 unspecified atom stereocenters. The summed E-state index contributed by atoms with van der Waals surface area (Å²) in [7, 11) is 0. The van der Waals surface area contributed by atoms with Crippen molar-refractivity contribution in [2.24, 2.45) is 28.6 Å². The molecule has 0 aromatic heterocycles. The lowest BCUT2D eigenvalue weighted by Crippen LogP contribution is -2.58. The molecule has 3 aliphatic rings. The summed E-state index contributed by atoms with van der Waals surface area (Å²) in [4.78, 5) is 11.8. The van der Waals surface area contributed by atoms with E-state index in [1.807, 2.05) is 6.92 Å². The SMILES string of the molecule is C[C@]1(CO)[C@H]2CCC3C(=O)OC[C@H]3[C@]2(C)CC[C@H]1O. The molecule has 0 spiro atoms. The van der Waals surface area contributed by atoms with Crippen LogP contribution >= 0.6 is 0 Å². The average Bonchev–Trinajstić information content (AvgIpc) is 2.78. The quantitative estimate of drug-likeness (QED) is 0.704. The van der Waals surface area contributed by atoms with Crippen LogP contribution in [0, 0.1) is 28.6 Å². The van der Waals surface area contributed by atoms with Gasteiger partial charge in [-0.15, -0.1) is 0 Å². The van der Waals surface area contributed by atoms with Crippen molar-refractivity contribution < 1.29 is 19.7 Å². The standard InChI is InChI=1S/C15H24O4/c1-14-6-5-12(17)15(2,8-16)11(14)4-3-9-10(14)7-19-13(9)18/h9-12,16-17H,3-8H2,1-2H3/t9?,10-,11+,12-,14+,15+/m1/s1. The topological polar surface area (TPSA) is 66.8 Å². The highest BCUT2D eigenvalue weighted by Gasteiger charge is 2.61. The molecule has 2 N–H and O–H groups in total. The molecule has 3 fully saturated rings. The Balaban J connectivity index is 1.97. The molecule has 2 saturated carbocycles. The van der Waals surface area contributed by atoms with Crippen LogP contribution in [0.1, 0.15) is 39.5 Å². The van der Waals surface area contributed by atoms with Gasteiger partial charge in [0.15, 0.2) is 0 Å². The van der Waals surface area contributed by atoms with E-state index in [9.17, 15) is 15.0 Å². The monoisotopic (exact) mass is 268 g/mol. The molecule has 3 rings (SSSR count). The van der Waals surface area contributed by atoms with E-state index >= 15 is 0 Å². The van der Waals surface area contributed by atoms with Gasteiger partial charge in [-0.25, -0.2) is 0 Å². The van der Waals surface area contributed by atoms with Crippen LogP contribution in [-0.4, -0.2) is 35.5 Å². The van der Waals surface area contributed by atoms with Crippen LogP contribution in [0.3, 0.4) is 0 Å². The van der Waals surface area contributed by atoms with E-state index in [1.165, 1.54) is 0 Å². The molecule has 2 aliphatic carbocycles. The fourth-order valence-electron chi connectivity index (χ4n) is 5.13. The van der Waals surface area contributed by atoms with E-state index in [2.05, 4.69) is 6.92 Å². The number of cyclic esters (lactones) is 1. The normalized spacial score (nSPS) is 53.4. The molecule has 19 heavy (non-hydrogen) atoms. The molecule has 108 valence electrons. The Morgan fingerprint density at radius 3 is 2.74 bits per heavy atom. The fraction of sp³-hybridized carbons (Fsp3) is 0.933. The first kappa shape index (κ1) is 13.4. The number of hydrogen-bond donors (Lipinski definition) is 2. The molecule has 0 amide bonds. The Labute approximate surface area is 114 Å². The summed E-state index contributed by atoms with van der Waals surface area (Å²) in [6.07, 6.45) is 2.94. The summed E-state index contributed by atoms with van der Waals surface area (Å²) in [5, 5.41) is 20.1. The van der Waals surface area contributed by atoms with E-state index in [0.29, 0.717) is 13.0 Å². The highest BCUT2D eigenvalue weighted by atomic mass is 16.5. The summed E-state index contributed by atoms with van der Waals surface area (Å²) < 4.78 is 5.28. The Morgan fingerprint density at radius 1 is 1.32 bits per heavy atom. The number of esters is 1. The molecule has 4 heteroatoms. The van der Waals surface area contributed by atoms with Gasteiger partial charge in [-0.05, 0) is 37.0 Å². The van der Waals surface area contributed by atoms with E-state index < -0.39 is 11.5 Å². The highest BCUT2D eigenvalue weighted by Crippen LogP contribution is 2.62. The van der Waals surface area contributed by atoms with Crippen molar-refractivity contribution >= 4 is 5.97 Å². The van der Waals surface area contributed by atoms with Gasteiger partial charge in [-0.1, -0.05) is 13.8 Å². The zero-order valence-electron chi connectivity index (χ0n) is 11.8. The van der Waals surface area contributed by atoms with Crippen molar-refractivity contribution in [1.29, 1.82) is 0 Å². The number of carbonyl (C=O) groups is 1. The summed E-state index contributed by atoms with van der Waals surface area (Å²) in [6, 6.07) is 0. The first-order valence-corrected chi connectivity index (χ1v) is 7.39. The molecular weight excluding hydrogens is 244 g/mol. The minimum absolute atomic E-state index is 0.00574. The van der Waals surface area contributed by atoms with E-state index in [4.69, 9.17) is 4.74 Å². The molecule has 4 nitrogen and oxygen atoms in total. The zero-order chi connectivity index (χ0) is 13.8. The van der Waals surface area contributed by atoms with Crippen molar-refractivity contribution in [2.75, 3.05) is 13.2 Å². The number of hydrogen-bond acceptors (Lipinski definition) is 4. The van der Waals surface area contributed by atoms with Crippen LogP contribution in [0.4, 0.5) is 0 Å². The summed E-state index contributed by atoms with van der Waals surface area (Å²) in [5.41, 5.74) is -0.435. The van der Waals surface area contributed by atoms with Gasteiger partial charge in [0.2, 0.25) is 0 Å². The van der Waals surface area contributed by atoms with Crippen LogP contribution in [0.15, 0.2) is 0 Å². The maximum atomic E-state index is 11.8. The Hall–Kier alpha value is -0.610. The van der Waals surface area contributed by atoms with Gasteiger partial charge in [0.05, 0.1) is 25.2 Å². The predicted molar refractivity (Wildman–Crippen MR) is 69.2 cm³/mol. The molecule has 0 radical (unpaired) electrons. The number of fused-ring (bicyclic) bond motifs is 3. The largest absolute Gasteiger partial charge is 0.465 e. The van der Waals surface area contributed by atoms with Crippen LogP contribution in [0.2, 0.25) is 0 Å². The number of carbonyl (C=O) groups excluding carboxylic acids is 1. The maximum Gasteiger partial charge on any atom is 0.309 e. The van der Waals surface area contributed by atoms with Crippen LogP contribution in [-0.2, 0) is 9.53 Å². The number of aliphatic hydroxyl groups is 2. The molecule has 1 heterocycles. The molecular formula is C15H24O4. The lowest BCUT2D eigenvalue weighted by atomic mass is 9.46. The van der Waals surface area contributed by atoms with Crippen LogP contribution in [0.5, 0.6) is 0 Å². The van der Waals surface area contributed by atoms with Crippen molar-refractivity contribution in [2.45, 2.75) is 45.6 Å². The average molecular weight is 268 g/mol. The smallest absolute Gasteiger partial charge is 0.309 e. The Bertz CT molecular complexity index is 396. The molecule has 1 saturated heterocycles. The van der Waals surface area contributed by atoms with Crippen molar-refractivity contribution in [3.05, 3.63) is 0 Å². The maximum absolute atomic E-state index is 11.8. The van der Waals surface area contributed by atoms with Gasteiger partial charge in [-0.3, -0.25) is 4.79 Å². The number of ether oxygens (including phenoxy) is 1. The number of rotatable bonds is 1. The Kier molecular flexibility index (Phi) is 2.95. The lowest BCUT2D eigenvalue weighted by Gasteiger charge is -2.59. The van der Waals surface area contributed by atoms with Gasteiger partial charge in [0.25, 0.3) is 0 Å². The van der Waals surface area contributed by atoms with Crippen molar-refractivity contribution in [3.63, 3.8) is 0 Å². The van der Waals surface area contributed by atoms with Crippen LogP contribution < -0.4 is 0 Å². The van der Waals surface area contributed by atoms with Gasteiger partial charge < -0.3 is 14.9 Å². The first-order chi connectivity index (χ1) is 8.93. The second kappa shape index (κ2) is 4.19. The zero-order valence-corrected chi connectivity index (χ0v) is 11.8. The van der Waals surface area contributed by atoms with Crippen molar-refractivity contribution in [1.82, 2.24) is 0 Å². The van der Waals surface area contributed by atoms with Gasteiger partial charge in [0.1, 0.15) is 0 Å².